The van der Waals surface area contributed by atoms with E-state index in [0.717, 1.165) is 44.3 Å². The fraction of sp³-hybridized carbons (Fsp3) is 0.381. The number of unbranched alkanes of at least 4 members (excludes halogenated alkanes) is 1. The fourth-order valence-corrected chi connectivity index (χ4v) is 3.35. The monoisotopic (exact) mass is 307 g/mol. The molecule has 0 bridgehead atoms. The molecule has 1 atom stereocenters. The van der Waals surface area contributed by atoms with Gasteiger partial charge in [0.15, 0.2) is 5.78 Å². The molecule has 0 fully saturated rings. The third kappa shape index (κ3) is 4.29. The van der Waals surface area contributed by atoms with Gasteiger partial charge in [-0.3, -0.25) is 4.79 Å². The van der Waals surface area contributed by atoms with Crippen LogP contribution in [-0.4, -0.2) is 18.9 Å². The van der Waals surface area contributed by atoms with Crippen LogP contribution in [0, 0.1) is 5.92 Å². The highest BCUT2D eigenvalue weighted by Gasteiger charge is 2.26. The van der Waals surface area contributed by atoms with E-state index in [2.05, 4.69) is 41.7 Å². The van der Waals surface area contributed by atoms with Crippen LogP contribution >= 0.6 is 0 Å². The van der Waals surface area contributed by atoms with Crippen molar-refractivity contribution in [2.75, 3.05) is 13.1 Å². The van der Waals surface area contributed by atoms with Gasteiger partial charge in [-0.1, -0.05) is 54.6 Å². The van der Waals surface area contributed by atoms with E-state index < -0.39 is 0 Å². The van der Waals surface area contributed by atoms with Crippen molar-refractivity contribution in [1.29, 1.82) is 0 Å². The minimum Gasteiger partial charge on any atom is -0.316 e. The Kier molecular flexibility index (Phi) is 5.60. The van der Waals surface area contributed by atoms with Gasteiger partial charge in [-0.05, 0) is 49.8 Å². The van der Waals surface area contributed by atoms with Crippen LogP contribution in [0.4, 0.5) is 0 Å². The van der Waals surface area contributed by atoms with Gasteiger partial charge in [0.25, 0.3) is 0 Å². The normalized spacial score (nSPS) is 17.0. The summed E-state index contributed by atoms with van der Waals surface area (Å²) in [4.78, 5) is 12.5. The van der Waals surface area contributed by atoms with E-state index in [1.807, 2.05) is 18.2 Å². The van der Waals surface area contributed by atoms with E-state index in [-0.39, 0.29) is 5.92 Å². The Balaban J connectivity index is 1.36. The molecule has 23 heavy (non-hydrogen) atoms. The lowest BCUT2D eigenvalue weighted by atomic mass is 9.83. The lowest BCUT2D eigenvalue weighted by Crippen LogP contribution is -2.32. The highest BCUT2D eigenvalue weighted by Crippen LogP contribution is 2.24. The molecule has 1 aliphatic carbocycles. The summed E-state index contributed by atoms with van der Waals surface area (Å²) in [6, 6.07) is 18.7. The molecule has 2 aromatic rings. The molecule has 0 aliphatic heterocycles. The van der Waals surface area contributed by atoms with E-state index in [1.54, 1.807) is 0 Å². The number of hydrogen-bond donors (Lipinski definition) is 1. The van der Waals surface area contributed by atoms with Crippen LogP contribution in [0.1, 0.15) is 40.7 Å². The summed E-state index contributed by atoms with van der Waals surface area (Å²) < 4.78 is 0. The summed E-state index contributed by atoms with van der Waals surface area (Å²) in [7, 11) is 0. The molecule has 2 nitrogen and oxygen atoms in total. The first-order chi connectivity index (χ1) is 11.3. The number of fused-ring (bicyclic) bond motifs is 1. The highest BCUT2D eigenvalue weighted by molar-refractivity contribution is 6.00. The maximum absolute atomic E-state index is 12.5. The number of ketones is 1. The molecule has 120 valence electrons. The molecule has 0 saturated heterocycles. The van der Waals surface area contributed by atoms with Crippen LogP contribution in [-0.2, 0) is 12.8 Å². The van der Waals surface area contributed by atoms with Gasteiger partial charge in [-0.15, -0.1) is 0 Å². The van der Waals surface area contributed by atoms with Crippen molar-refractivity contribution < 1.29 is 4.79 Å². The van der Waals surface area contributed by atoms with E-state index in [9.17, 15) is 4.79 Å². The zero-order valence-electron chi connectivity index (χ0n) is 13.6. The molecule has 0 aromatic heterocycles. The number of nitrogens with one attached hydrogen (secondary N) is 1. The number of benzene rings is 2. The number of rotatable bonds is 7. The predicted octanol–water partition coefficient (Wildman–Crippen LogP) is 4.04. The second-order valence-electron chi connectivity index (χ2n) is 6.40. The molecule has 1 aliphatic rings. The van der Waals surface area contributed by atoms with E-state index in [4.69, 9.17) is 0 Å². The first-order valence-electron chi connectivity index (χ1n) is 8.71. The molecule has 0 saturated carbocycles. The zero-order valence-corrected chi connectivity index (χ0v) is 13.6. The van der Waals surface area contributed by atoms with Gasteiger partial charge in [0, 0.05) is 18.0 Å². The third-order valence-electron chi connectivity index (χ3n) is 4.72. The van der Waals surface area contributed by atoms with Crippen LogP contribution in [0.25, 0.3) is 0 Å². The third-order valence-corrected chi connectivity index (χ3v) is 4.72. The average molecular weight is 307 g/mol. The Morgan fingerprint density at radius 1 is 0.957 bits per heavy atom. The van der Waals surface area contributed by atoms with Crippen molar-refractivity contribution >= 4 is 5.78 Å². The molecule has 0 heterocycles. The largest absolute Gasteiger partial charge is 0.316 e. The molecule has 0 amide bonds. The summed E-state index contributed by atoms with van der Waals surface area (Å²) in [5.74, 6) is 0.475. The van der Waals surface area contributed by atoms with Crippen LogP contribution in [0.2, 0.25) is 0 Å². The van der Waals surface area contributed by atoms with E-state index in [1.165, 1.54) is 17.5 Å². The summed E-state index contributed by atoms with van der Waals surface area (Å²) in [5, 5.41) is 3.48. The van der Waals surface area contributed by atoms with Crippen LogP contribution in [0.5, 0.6) is 0 Å². The molecule has 2 heteroatoms. The Bertz CT molecular complexity index is 635. The van der Waals surface area contributed by atoms with Crippen molar-refractivity contribution in [1.82, 2.24) is 5.32 Å². The number of aryl methyl sites for hydroxylation is 2. The molecule has 3 rings (SSSR count). The fourth-order valence-electron chi connectivity index (χ4n) is 3.35. The topological polar surface area (TPSA) is 29.1 Å². The second kappa shape index (κ2) is 8.07. The SMILES string of the molecule is O=C1c2ccccc2CC[C@H]1CNCCCCc1ccccc1. The second-order valence-corrected chi connectivity index (χ2v) is 6.40. The number of carbonyl (C=O) groups excluding carboxylic acids is 1. The van der Waals surface area contributed by atoms with Gasteiger partial charge in [0.1, 0.15) is 0 Å². The van der Waals surface area contributed by atoms with Gasteiger partial charge in [0.2, 0.25) is 0 Å². The Labute approximate surface area is 138 Å². The minimum atomic E-state index is 0.152. The van der Waals surface area contributed by atoms with Gasteiger partial charge < -0.3 is 5.32 Å². The van der Waals surface area contributed by atoms with Crippen molar-refractivity contribution in [3.05, 3.63) is 71.3 Å². The standard InChI is InChI=1S/C21H25NO/c23-21-19(14-13-18-11-4-5-12-20(18)21)16-22-15-7-6-10-17-8-2-1-3-9-17/h1-5,8-9,11-12,19,22H,6-7,10,13-16H2/t19-/m0/s1. The molecular formula is C21H25NO. The maximum atomic E-state index is 12.5. The Morgan fingerprint density at radius 3 is 2.61 bits per heavy atom. The van der Waals surface area contributed by atoms with Gasteiger partial charge >= 0.3 is 0 Å². The molecule has 1 N–H and O–H groups in total. The van der Waals surface area contributed by atoms with E-state index in [0.29, 0.717) is 5.78 Å². The molecular weight excluding hydrogens is 282 g/mol. The molecule has 0 spiro atoms. The van der Waals surface area contributed by atoms with Gasteiger partial charge in [0.05, 0.1) is 0 Å². The van der Waals surface area contributed by atoms with Crippen LogP contribution < -0.4 is 5.32 Å². The number of hydrogen-bond acceptors (Lipinski definition) is 2. The number of Topliss-reactive ketones (excluding diaryl/α,β-unsaturated/α-hetero) is 1. The number of carbonyl (C=O) groups is 1. The zero-order chi connectivity index (χ0) is 15.9. The van der Waals surface area contributed by atoms with Gasteiger partial charge in [-0.2, -0.15) is 0 Å². The molecule has 2 aromatic carbocycles. The minimum absolute atomic E-state index is 0.152. The quantitative estimate of drug-likeness (QED) is 0.782. The van der Waals surface area contributed by atoms with Crippen molar-refractivity contribution in [2.24, 2.45) is 5.92 Å². The first kappa shape index (κ1) is 15.9. The average Bonchev–Trinajstić information content (AvgIpc) is 2.61. The first-order valence-corrected chi connectivity index (χ1v) is 8.71. The lowest BCUT2D eigenvalue weighted by molar-refractivity contribution is 0.0901. The Morgan fingerprint density at radius 2 is 1.74 bits per heavy atom. The summed E-state index contributed by atoms with van der Waals surface area (Å²) in [6.45, 7) is 1.82. The van der Waals surface area contributed by atoms with Gasteiger partial charge in [-0.25, -0.2) is 0 Å². The highest BCUT2D eigenvalue weighted by atomic mass is 16.1. The van der Waals surface area contributed by atoms with E-state index >= 15 is 0 Å². The van der Waals surface area contributed by atoms with Crippen molar-refractivity contribution in [3.63, 3.8) is 0 Å². The van der Waals surface area contributed by atoms with Crippen LogP contribution in [0.15, 0.2) is 54.6 Å². The summed E-state index contributed by atoms with van der Waals surface area (Å²) >= 11 is 0. The summed E-state index contributed by atoms with van der Waals surface area (Å²) in [6.07, 6.45) is 5.50. The predicted molar refractivity (Wildman–Crippen MR) is 94.8 cm³/mol. The lowest BCUT2D eigenvalue weighted by Gasteiger charge is -2.23. The Hall–Kier alpha value is -1.93. The van der Waals surface area contributed by atoms with Crippen molar-refractivity contribution in [2.45, 2.75) is 32.1 Å². The molecule has 0 unspecified atom stereocenters. The maximum Gasteiger partial charge on any atom is 0.167 e. The molecule has 0 radical (unpaired) electrons. The van der Waals surface area contributed by atoms with Crippen LogP contribution in [0.3, 0.4) is 0 Å². The smallest absolute Gasteiger partial charge is 0.167 e. The summed E-state index contributed by atoms with van der Waals surface area (Å²) in [5.41, 5.74) is 3.57. The van der Waals surface area contributed by atoms with Crippen molar-refractivity contribution in [3.8, 4) is 0 Å².